The summed E-state index contributed by atoms with van der Waals surface area (Å²) in [6.07, 6.45) is 1.69. The Morgan fingerprint density at radius 2 is 2.00 bits per heavy atom. The Kier molecular flexibility index (Phi) is 8.46. The molecule has 29 heavy (non-hydrogen) atoms. The molecule has 0 spiro atoms. The largest absolute Gasteiger partial charge is 0.493 e. The fraction of sp³-hybridized carbons (Fsp3) is 0.455. The maximum absolute atomic E-state index is 12.0. The number of hydrogen-bond donors (Lipinski definition) is 1. The van der Waals surface area contributed by atoms with Crippen LogP contribution in [-0.4, -0.2) is 44.3 Å². The average molecular weight is 466 g/mol. The Morgan fingerprint density at radius 1 is 1.24 bits per heavy atom. The van der Waals surface area contributed by atoms with Crippen molar-refractivity contribution in [2.45, 2.75) is 45.3 Å². The molecule has 1 atom stereocenters. The normalized spacial score (nSPS) is 12.4. The molecule has 158 valence electrons. The van der Waals surface area contributed by atoms with Crippen LogP contribution in [0.15, 0.2) is 34.8 Å². The minimum atomic E-state index is -0.554. The van der Waals surface area contributed by atoms with E-state index in [1.807, 2.05) is 51.1 Å². The van der Waals surface area contributed by atoms with Gasteiger partial charge in [0, 0.05) is 11.6 Å². The van der Waals surface area contributed by atoms with Crippen LogP contribution in [0.4, 0.5) is 4.79 Å². The lowest BCUT2D eigenvalue weighted by molar-refractivity contribution is 0.0461. The molecule has 0 heterocycles. The van der Waals surface area contributed by atoms with Gasteiger partial charge in [0.05, 0.1) is 24.8 Å². The molecule has 0 aromatic heterocycles. The molecule has 2 rings (SSSR count). The minimum Gasteiger partial charge on any atom is -0.493 e. The summed E-state index contributed by atoms with van der Waals surface area (Å²) in [5.74, 6) is 0.554. The number of hydrogen-bond acceptors (Lipinski definition) is 5. The van der Waals surface area contributed by atoms with Gasteiger partial charge in [-0.3, -0.25) is 4.79 Å². The van der Waals surface area contributed by atoms with Crippen molar-refractivity contribution >= 4 is 39.1 Å². The van der Waals surface area contributed by atoms with Gasteiger partial charge in [-0.1, -0.05) is 28.1 Å². The smallest absolute Gasteiger partial charge is 0.407 e. The van der Waals surface area contributed by atoms with Crippen LogP contribution in [0.25, 0.3) is 10.8 Å². The molecule has 7 heteroatoms. The van der Waals surface area contributed by atoms with E-state index in [9.17, 15) is 9.59 Å². The van der Waals surface area contributed by atoms with Crippen LogP contribution in [0.1, 0.15) is 44.0 Å². The van der Waals surface area contributed by atoms with Crippen LogP contribution in [0.5, 0.6) is 5.75 Å². The molecular weight excluding hydrogens is 438 g/mol. The number of carbonyl (C=O) groups excluding carboxylic acids is 2. The number of carbonyl (C=O) groups is 2. The highest BCUT2D eigenvalue weighted by molar-refractivity contribution is 9.10. The zero-order valence-corrected chi connectivity index (χ0v) is 18.9. The number of nitrogens with one attached hydrogen (secondary N) is 1. The number of aldehydes is 1. The molecule has 0 saturated carbocycles. The van der Waals surface area contributed by atoms with Gasteiger partial charge in [0.25, 0.3) is 0 Å². The highest BCUT2D eigenvalue weighted by Crippen LogP contribution is 2.29. The van der Waals surface area contributed by atoms with E-state index >= 15 is 0 Å². The summed E-state index contributed by atoms with van der Waals surface area (Å²) in [4.78, 5) is 23.6. The van der Waals surface area contributed by atoms with E-state index in [0.717, 1.165) is 21.5 Å². The molecule has 1 amide bonds. The summed E-state index contributed by atoms with van der Waals surface area (Å²) in [5.41, 5.74) is -0.0165. The lowest BCUT2D eigenvalue weighted by Crippen LogP contribution is -2.41. The van der Waals surface area contributed by atoms with Gasteiger partial charge in [-0.25, -0.2) is 4.79 Å². The summed E-state index contributed by atoms with van der Waals surface area (Å²) >= 11 is 3.44. The van der Waals surface area contributed by atoms with E-state index in [1.54, 1.807) is 7.11 Å². The second-order valence-electron chi connectivity index (χ2n) is 7.75. The summed E-state index contributed by atoms with van der Waals surface area (Å²) in [7, 11) is 1.59. The van der Waals surface area contributed by atoms with Gasteiger partial charge in [0.2, 0.25) is 0 Å². The van der Waals surface area contributed by atoms with Gasteiger partial charge in [-0.15, -0.1) is 0 Å². The fourth-order valence-electron chi connectivity index (χ4n) is 2.94. The van der Waals surface area contributed by atoms with Gasteiger partial charge in [0.15, 0.2) is 6.29 Å². The number of rotatable bonds is 9. The van der Waals surface area contributed by atoms with Gasteiger partial charge in [-0.2, -0.15) is 0 Å². The summed E-state index contributed by atoms with van der Waals surface area (Å²) in [6, 6.07) is 9.32. The highest BCUT2D eigenvalue weighted by atomic mass is 79.9. The van der Waals surface area contributed by atoms with Crippen LogP contribution in [0.3, 0.4) is 0 Å². The Morgan fingerprint density at radius 3 is 2.66 bits per heavy atom. The number of ether oxygens (including phenoxy) is 3. The summed E-state index contributed by atoms with van der Waals surface area (Å²) < 4.78 is 17.3. The van der Waals surface area contributed by atoms with Crippen LogP contribution in [0, 0.1) is 0 Å². The van der Waals surface area contributed by atoms with Crippen LogP contribution >= 0.6 is 15.9 Å². The van der Waals surface area contributed by atoms with Crippen molar-refractivity contribution in [2.24, 2.45) is 0 Å². The van der Waals surface area contributed by atoms with Gasteiger partial charge < -0.3 is 19.5 Å². The topological polar surface area (TPSA) is 73.9 Å². The number of benzene rings is 2. The molecule has 0 aliphatic carbocycles. The zero-order valence-electron chi connectivity index (χ0n) is 17.3. The van der Waals surface area contributed by atoms with Crippen molar-refractivity contribution < 1.29 is 23.8 Å². The number of alkyl carbamates (subject to hydrolysis) is 1. The van der Waals surface area contributed by atoms with Crippen LogP contribution in [-0.2, 0) is 9.47 Å². The van der Waals surface area contributed by atoms with E-state index in [2.05, 4.69) is 21.2 Å². The van der Waals surface area contributed by atoms with Crippen molar-refractivity contribution in [1.82, 2.24) is 5.32 Å². The first-order chi connectivity index (χ1) is 13.7. The van der Waals surface area contributed by atoms with E-state index in [0.29, 0.717) is 37.4 Å². The second kappa shape index (κ2) is 10.6. The first kappa shape index (κ1) is 23.2. The van der Waals surface area contributed by atoms with Crippen molar-refractivity contribution in [1.29, 1.82) is 0 Å². The van der Waals surface area contributed by atoms with Crippen molar-refractivity contribution in [2.75, 3.05) is 20.3 Å². The molecule has 2 aromatic carbocycles. The number of amides is 1. The molecule has 2 aromatic rings. The Hall–Kier alpha value is -2.12. The molecule has 1 N–H and O–H groups in total. The first-order valence-electron chi connectivity index (χ1n) is 9.52. The van der Waals surface area contributed by atoms with Gasteiger partial charge in [-0.05, 0) is 62.6 Å². The van der Waals surface area contributed by atoms with E-state index in [-0.39, 0.29) is 6.04 Å². The molecule has 0 aliphatic rings. The number of fused-ring (bicyclic) bond motifs is 1. The average Bonchev–Trinajstić information content (AvgIpc) is 2.63. The molecule has 6 nitrogen and oxygen atoms in total. The highest BCUT2D eigenvalue weighted by Gasteiger charge is 2.19. The van der Waals surface area contributed by atoms with Gasteiger partial charge >= 0.3 is 6.09 Å². The van der Waals surface area contributed by atoms with E-state index in [1.165, 1.54) is 0 Å². The number of halogens is 1. The lowest BCUT2D eigenvalue weighted by Gasteiger charge is -2.23. The lowest BCUT2D eigenvalue weighted by atomic mass is 10.0. The molecule has 0 fully saturated rings. The monoisotopic (exact) mass is 465 g/mol. The fourth-order valence-corrected chi connectivity index (χ4v) is 3.32. The van der Waals surface area contributed by atoms with Crippen LogP contribution < -0.4 is 10.1 Å². The third-order valence-corrected chi connectivity index (χ3v) is 4.64. The quantitative estimate of drug-likeness (QED) is 0.411. The van der Waals surface area contributed by atoms with Crippen molar-refractivity contribution in [3.8, 4) is 5.75 Å². The van der Waals surface area contributed by atoms with E-state index in [4.69, 9.17) is 14.2 Å². The predicted octanol–water partition coefficient (Wildman–Crippen LogP) is 5.11. The predicted molar refractivity (Wildman–Crippen MR) is 117 cm³/mol. The standard InChI is InChI=1S/C22H28BrNO5/c1-22(2,3)29-21(26)24-17(14-27-4)6-5-11-28-20-10-7-15-12-16(23)8-9-18(15)19(20)13-25/h7-10,12-13,17H,5-6,11,14H2,1-4H3,(H,24,26)/t17-/m1/s1. The zero-order chi connectivity index (χ0) is 21.4. The second-order valence-corrected chi connectivity index (χ2v) is 8.67. The van der Waals surface area contributed by atoms with Gasteiger partial charge in [0.1, 0.15) is 11.4 Å². The Labute approximate surface area is 180 Å². The molecule has 0 aliphatic heterocycles. The number of methoxy groups -OCH3 is 1. The molecular formula is C22H28BrNO5. The first-order valence-corrected chi connectivity index (χ1v) is 10.3. The van der Waals surface area contributed by atoms with Crippen molar-refractivity contribution in [3.05, 3.63) is 40.4 Å². The SMILES string of the molecule is COC[C@@H](CCCOc1ccc2cc(Br)ccc2c1C=O)NC(=O)OC(C)(C)C. The Bertz CT molecular complexity index is 847. The third kappa shape index (κ3) is 7.33. The maximum Gasteiger partial charge on any atom is 0.407 e. The third-order valence-electron chi connectivity index (χ3n) is 4.14. The van der Waals surface area contributed by atoms with Crippen molar-refractivity contribution in [3.63, 3.8) is 0 Å². The van der Waals surface area contributed by atoms with E-state index < -0.39 is 11.7 Å². The Balaban J connectivity index is 1.93. The maximum atomic E-state index is 12.0. The summed E-state index contributed by atoms with van der Waals surface area (Å²) in [6.45, 7) is 6.25. The molecule has 0 bridgehead atoms. The minimum absolute atomic E-state index is 0.182. The molecule has 0 unspecified atom stereocenters. The summed E-state index contributed by atoms with van der Waals surface area (Å²) in [5, 5.41) is 4.64. The molecule has 0 saturated heterocycles. The molecule has 0 radical (unpaired) electrons. The van der Waals surface area contributed by atoms with Crippen LogP contribution in [0.2, 0.25) is 0 Å².